The number of anilines is 1. The Morgan fingerprint density at radius 2 is 2.22 bits per heavy atom. The maximum atomic E-state index is 5.92. The number of aryl methyl sites for hydroxylation is 1. The van der Waals surface area contributed by atoms with Gasteiger partial charge in [-0.2, -0.15) is 0 Å². The average Bonchev–Trinajstić information content (AvgIpc) is 2.77. The van der Waals surface area contributed by atoms with Crippen molar-refractivity contribution in [3.63, 3.8) is 0 Å². The Balaban J connectivity index is 1.93. The van der Waals surface area contributed by atoms with Crippen LogP contribution in [0.3, 0.4) is 0 Å². The van der Waals surface area contributed by atoms with Gasteiger partial charge in [-0.15, -0.1) is 11.3 Å². The summed E-state index contributed by atoms with van der Waals surface area (Å²) >= 11 is 1.66. The molecule has 4 nitrogen and oxygen atoms in total. The molecule has 0 bridgehead atoms. The van der Waals surface area contributed by atoms with Crippen LogP contribution in [0.1, 0.15) is 16.3 Å². The summed E-state index contributed by atoms with van der Waals surface area (Å²) < 4.78 is 5.18. The second-order valence-corrected chi connectivity index (χ2v) is 5.09. The number of nitrogens with zero attached hydrogens (tertiary/aromatic N) is 1. The number of hydrogen-bond acceptors (Lipinski definition) is 5. The zero-order valence-electron chi connectivity index (χ0n) is 10.6. The van der Waals surface area contributed by atoms with E-state index in [4.69, 9.17) is 10.5 Å². The van der Waals surface area contributed by atoms with Crippen molar-refractivity contribution in [3.8, 4) is 5.75 Å². The van der Waals surface area contributed by atoms with Crippen molar-refractivity contribution in [1.29, 1.82) is 0 Å². The molecule has 3 N–H and O–H groups in total. The van der Waals surface area contributed by atoms with Gasteiger partial charge in [-0.05, 0) is 30.7 Å². The number of nitrogen functional groups attached to an aromatic ring is 1. The van der Waals surface area contributed by atoms with Gasteiger partial charge >= 0.3 is 0 Å². The van der Waals surface area contributed by atoms with Crippen LogP contribution in [-0.4, -0.2) is 12.1 Å². The summed E-state index contributed by atoms with van der Waals surface area (Å²) in [7, 11) is 1.65. The number of aromatic nitrogens is 1. The van der Waals surface area contributed by atoms with Crippen molar-refractivity contribution in [1.82, 2.24) is 10.3 Å². The Kier molecular flexibility index (Phi) is 4.17. The molecule has 0 aliphatic heterocycles. The molecule has 5 heteroatoms. The highest BCUT2D eigenvalue weighted by molar-refractivity contribution is 7.09. The maximum Gasteiger partial charge on any atom is 0.119 e. The van der Waals surface area contributed by atoms with Crippen molar-refractivity contribution in [3.05, 3.63) is 39.8 Å². The highest BCUT2D eigenvalue weighted by Crippen LogP contribution is 2.19. The molecule has 0 spiro atoms. The fraction of sp³-hybridized carbons (Fsp3) is 0.308. The third-order valence-corrected chi connectivity index (χ3v) is 3.46. The first-order valence-corrected chi connectivity index (χ1v) is 6.61. The molecule has 0 unspecified atom stereocenters. The van der Waals surface area contributed by atoms with Crippen LogP contribution in [0, 0.1) is 6.92 Å². The van der Waals surface area contributed by atoms with Crippen molar-refractivity contribution < 1.29 is 4.74 Å². The van der Waals surface area contributed by atoms with E-state index in [-0.39, 0.29) is 0 Å². The minimum absolute atomic E-state index is 0.708. The van der Waals surface area contributed by atoms with E-state index in [9.17, 15) is 0 Å². The van der Waals surface area contributed by atoms with Crippen LogP contribution in [0.2, 0.25) is 0 Å². The summed E-state index contributed by atoms with van der Waals surface area (Å²) in [6.45, 7) is 3.47. The molecule has 0 saturated carbocycles. The van der Waals surface area contributed by atoms with Crippen LogP contribution >= 0.6 is 11.3 Å². The first-order valence-electron chi connectivity index (χ1n) is 5.73. The summed E-state index contributed by atoms with van der Waals surface area (Å²) in [4.78, 5) is 4.40. The van der Waals surface area contributed by atoms with Gasteiger partial charge in [-0.3, -0.25) is 0 Å². The fourth-order valence-electron chi connectivity index (χ4n) is 1.68. The largest absolute Gasteiger partial charge is 0.497 e. The normalized spacial score (nSPS) is 10.6. The highest BCUT2D eigenvalue weighted by atomic mass is 32.1. The molecule has 0 amide bonds. The van der Waals surface area contributed by atoms with Gasteiger partial charge in [0.25, 0.3) is 0 Å². The van der Waals surface area contributed by atoms with Crippen molar-refractivity contribution in [2.45, 2.75) is 20.0 Å². The molecule has 0 aliphatic carbocycles. The maximum absolute atomic E-state index is 5.92. The van der Waals surface area contributed by atoms with Crippen LogP contribution < -0.4 is 15.8 Å². The van der Waals surface area contributed by atoms with E-state index in [2.05, 4.69) is 15.7 Å². The minimum atomic E-state index is 0.708. The molecule has 1 heterocycles. The molecule has 0 saturated heterocycles. The third-order valence-electron chi connectivity index (χ3n) is 2.64. The van der Waals surface area contributed by atoms with Crippen LogP contribution in [0.15, 0.2) is 23.6 Å². The Bertz CT molecular complexity index is 525. The predicted molar refractivity (Wildman–Crippen MR) is 74.8 cm³/mol. The smallest absolute Gasteiger partial charge is 0.119 e. The van der Waals surface area contributed by atoms with Crippen molar-refractivity contribution in [2.24, 2.45) is 0 Å². The molecule has 96 valence electrons. The van der Waals surface area contributed by atoms with E-state index >= 15 is 0 Å². The topological polar surface area (TPSA) is 60.2 Å². The lowest BCUT2D eigenvalue weighted by molar-refractivity contribution is 0.414. The summed E-state index contributed by atoms with van der Waals surface area (Å²) in [6, 6.07) is 5.68. The number of nitrogens with one attached hydrogen (secondary N) is 1. The van der Waals surface area contributed by atoms with Crippen LogP contribution in [0.4, 0.5) is 5.69 Å². The molecule has 2 aromatic rings. The summed E-state index contributed by atoms with van der Waals surface area (Å²) in [5, 5.41) is 6.49. The van der Waals surface area contributed by atoms with Gasteiger partial charge in [0.05, 0.1) is 17.8 Å². The number of methoxy groups -OCH3 is 1. The molecule has 0 aliphatic rings. The van der Waals surface area contributed by atoms with E-state index in [0.29, 0.717) is 6.54 Å². The van der Waals surface area contributed by atoms with E-state index in [1.54, 1.807) is 18.4 Å². The molecular formula is C13H17N3OS. The van der Waals surface area contributed by atoms with E-state index in [0.717, 1.165) is 34.2 Å². The van der Waals surface area contributed by atoms with E-state index in [1.165, 1.54) is 0 Å². The van der Waals surface area contributed by atoms with Crippen LogP contribution in [0.5, 0.6) is 5.75 Å². The lowest BCUT2D eigenvalue weighted by Crippen LogP contribution is -2.14. The lowest BCUT2D eigenvalue weighted by Gasteiger charge is -2.08. The number of rotatable bonds is 5. The molecular weight excluding hydrogens is 246 g/mol. The van der Waals surface area contributed by atoms with Gasteiger partial charge in [-0.1, -0.05) is 0 Å². The zero-order chi connectivity index (χ0) is 13.0. The number of thiazole rings is 1. The molecule has 0 radical (unpaired) electrons. The number of ether oxygens (including phenoxy) is 1. The Hall–Kier alpha value is -1.59. The molecule has 1 aromatic heterocycles. The average molecular weight is 263 g/mol. The molecule has 2 rings (SSSR count). The third kappa shape index (κ3) is 3.21. The fourth-order valence-corrected chi connectivity index (χ4v) is 2.29. The van der Waals surface area contributed by atoms with Gasteiger partial charge in [0.1, 0.15) is 5.75 Å². The molecule has 0 fully saturated rings. The SMILES string of the molecule is COc1ccc(N)c(CNCc2csc(C)n2)c1. The van der Waals surface area contributed by atoms with Crippen LogP contribution in [-0.2, 0) is 13.1 Å². The van der Waals surface area contributed by atoms with E-state index < -0.39 is 0 Å². The molecule has 18 heavy (non-hydrogen) atoms. The Labute approximate surface area is 111 Å². The highest BCUT2D eigenvalue weighted by Gasteiger charge is 2.02. The second-order valence-electron chi connectivity index (χ2n) is 4.03. The number of nitrogens with two attached hydrogens (primary N) is 1. The quantitative estimate of drug-likeness (QED) is 0.813. The molecule has 0 atom stereocenters. The van der Waals surface area contributed by atoms with Gasteiger partial charge in [-0.25, -0.2) is 4.98 Å². The van der Waals surface area contributed by atoms with Crippen molar-refractivity contribution in [2.75, 3.05) is 12.8 Å². The van der Waals surface area contributed by atoms with Crippen molar-refractivity contribution >= 4 is 17.0 Å². The van der Waals surface area contributed by atoms with Gasteiger partial charge in [0.15, 0.2) is 0 Å². The Morgan fingerprint density at radius 1 is 1.39 bits per heavy atom. The Morgan fingerprint density at radius 3 is 2.89 bits per heavy atom. The number of benzene rings is 1. The molecule has 1 aromatic carbocycles. The second kappa shape index (κ2) is 5.84. The minimum Gasteiger partial charge on any atom is -0.497 e. The van der Waals surface area contributed by atoms with E-state index in [1.807, 2.05) is 25.1 Å². The van der Waals surface area contributed by atoms with Gasteiger partial charge in [0, 0.05) is 24.2 Å². The zero-order valence-corrected chi connectivity index (χ0v) is 11.4. The standard InChI is InChI=1S/C13H17N3OS/c1-9-16-11(8-18-9)7-15-6-10-5-12(17-2)3-4-13(10)14/h3-5,8,15H,6-7,14H2,1-2H3. The predicted octanol–water partition coefficient (Wildman–Crippen LogP) is 2.33. The number of hydrogen-bond donors (Lipinski definition) is 2. The lowest BCUT2D eigenvalue weighted by atomic mass is 10.1. The first kappa shape index (κ1) is 12.9. The summed E-state index contributed by atoms with van der Waals surface area (Å²) in [5.74, 6) is 0.825. The van der Waals surface area contributed by atoms with Crippen LogP contribution in [0.25, 0.3) is 0 Å². The monoisotopic (exact) mass is 263 g/mol. The summed E-state index contributed by atoms with van der Waals surface area (Å²) in [5.41, 5.74) is 8.81. The summed E-state index contributed by atoms with van der Waals surface area (Å²) in [6.07, 6.45) is 0. The van der Waals surface area contributed by atoms with Gasteiger partial charge in [0.2, 0.25) is 0 Å². The first-order chi connectivity index (χ1) is 8.69. The van der Waals surface area contributed by atoms with Gasteiger partial charge < -0.3 is 15.8 Å².